The van der Waals surface area contributed by atoms with Crippen LogP contribution in [0.1, 0.15) is 37.8 Å². The van der Waals surface area contributed by atoms with E-state index in [1.807, 2.05) is 6.92 Å². The van der Waals surface area contributed by atoms with Crippen LogP contribution >= 0.6 is 0 Å². The van der Waals surface area contributed by atoms with Gasteiger partial charge in [-0.2, -0.15) is 13.2 Å². The lowest BCUT2D eigenvalue weighted by Gasteiger charge is -2.15. The molecular formula is C14H18F4O. The van der Waals surface area contributed by atoms with Crippen LogP contribution in [-0.4, -0.2) is 11.2 Å². The van der Waals surface area contributed by atoms with Crippen LogP contribution in [0.4, 0.5) is 17.6 Å². The van der Waals surface area contributed by atoms with Crippen LogP contribution in [0.2, 0.25) is 0 Å². The van der Waals surface area contributed by atoms with E-state index in [4.69, 9.17) is 0 Å². The van der Waals surface area contributed by atoms with Crippen LogP contribution < -0.4 is 0 Å². The molecule has 0 saturated carbocycles. The maximum Gasteiger partial charge on any atom is 0.419 e. The Morgan fingerprint density at radius 1 is 1.21 bits per heavy atom. The van der Waals surface area contributed by atoms with Gasteiger partial charge in [0.1, 0.15) is 5.82 Å². The molecule has 1 N–H and O–H groups in total. The van der Waals surface area contributed by atoms with E-state index in [9.17, 15) is 22.7 Å². The first kappa shape index (κ1) is 16.0. The second-order valence-corrected chi connectivity index (χ2v) is 5.01. The van der Waals surface area contributed by atoms with Gasteiger partial charge in [0.25, 0.3) is 0 Å². The molecule has 0 spiro atoms. The summed E-state index contributed by atoms with van der Waals surface area (Å²) in [7, 11) is 0. The van der Waals surface area contributed by atoms with Gasteiger partial charge in [0.2, 0.25) is 0 Å². The molecule has 19 heavy (non-hydrogen) atoms. The number of benzene rings is 1. The van der Waals surface area contributed by atoms with E-state index in [1.54, 1.807) is 6.92 Å². The molecule has 2 unspecified atom stereocenters. The second kappa shape index (κ2) is 6.37. The summed E-state index contributed by atoms with van der Waals surface area (Å²) in [6.07, 6.45) is -3.78. The van der Waals surface area contributed by atoms with Crippen molar-refractivity contribution in [1.82, 2.24) is 0 Å². The van der Waals surface area contributed by atoms with Gasteiger partial charge in [0.15, 0.2) is 0 Å². The summed E-state index contributed by atoms with van der Waals surface area (Å²) in [5.74, 6) is -1.05. The average Bonchev–Trinajstić information content (AvgIpc) is 2.25. The fourth-order valence-electron chi connectivity index (χ4n) is 2.09. The Morgan fingerprint density at radius 3 is 2.37 bits per heavy atom. The fraction of sp³-hybridized carbons (Fsp3) is 0.571. The maximum absolute atomic E-state index is 13.7. The van der Waals surface area contributed by atoms with E-state index in [2.05, 4.69) is 0 Å². The van der Waals surface area contributed by atoms with E-state index < -0.39 is 23.7 Å². The van der Waals surface area contributed by atoms with Gasteiger partial charge in [-0.15, -0.1) is 0 Å². The quantitative estimate of drug-likeness (QED) is 0.801. The minimum atomic E-state index is -4.66. The van der Waals surface area contributed by atoms with Crippen molar-refractivity contribution in [2.45, 2.75) is 45.4 Å². The number of hydrogen-bond acceptors (Lipinski definition) is 1. The molecule has 1 rings (SSSR count). The molecule has 0 aliphatic heterocycles. The van der Waals surface area contributed by atoms with Gasteiger partial charge in [-0.05, 0) is 43.7 Å². The Hall–Kier alpha value is -1.10. The maximum atomic E-state index is 13.7. The van der Waals surface area contributed by atoms with Crippen molar-refractivity contribution < 1.29 is 22.7 Å². The number of aliphatic hydroxyl groups is 1. The fourth-order valence-corrected chi connectivity index (χ4v) is 2.09. The number of alkyl halides is 3. The average molecular weight is 278 g/mol. The molecule has 0 fully saturated rings. The van der Waals surface area contributed by atoms with E-state index in [1.165, 1.54) is 12.1 Å². The molecule has 0 heterocycles. The van der Waals surface area contributed by atoms with Crippen molar-refractivity contribution in [3.8, 4) is 0 Å². The Bertz CT molecular complexity index is 412. The topological polar surface area (TPSA) is 20.2 Å². The Morgan fingerprint density at radius 2 is 1.84 bits per heavy atom. The Balaban J connectivity index is 2.75. The largest absolute Gasteiger partial charge is 0.419 e. The van der Waals surface area contributed by atoms with Crippen LogP contribution in [-0.2, 0) is 12.6 Å². The van der Waals surface area contributed by atoms with Crippen molar-refractivity contribution in [1.29, 1.82) is 0 Å². The first-order valence-electron chi connectivity index (χ1n) is 6.24. The molecule has 0 amide bonds. The van der Waals surface area contributed by atoms with Crippen LogP contribution in [0.5, 0.6) is 0 Å². The van der Waals surface area contributed by atoms with E-state index >= 15 is 0 Å². The van der Waals surface area contributed by atoms with Crippen molar-refractivity contribution in [2.24, 2.45) is 5.92 Å². The zero-order valence-corrected chi connectivity index (χ0v) is 11.0. The molecule has 0 saturated heterocycles. The molecular weight excluding hydrogens is 260 g/mol. The highest BCUT2D eigenvalue weighted by atomic mass is 19.4. The normalized spacial score (nSPS) is 15.3. The highest BCUT2D eigenvalue weighted by Crippen LogP contribution is 2.32. The highest BCUT2D eigenvalue weighted by molar-refractivity contribution is 5.28. The molecule has 2 atom stereocenters. The molecule has 0 radical (unpaired) electrons. The summed E-state index contributed by atoms with van der Waals surface area (Å²) in [5, 5.41) is 9.20. The van der Waals surface area contributed by atoms with Crippen molar-refractivity contribution in [3.05, 3.63) is 35.1 Å². The number of halogens is 4. The van der Waals surface area contributed by atoms with Crippen molar-refractivity contribution in [3.63, 3.8) is 0 Å². The van der Waals surface area contributed by atoms with Crippen LogP contribution in [0, 0.1) is 11.7 Å². The number of aliphatic hydroxyl groups excluding tert-OH is 1. The SMILES string of the molecule is CC(O)CC(C)CCc1cccc(C(F)(F)F)c1F. The van der Waals surface area contributed by atoms with Crippen LogP contribution in [0.3, 0.4) is 0 Å². The molecule has 1 nitrogen and oxygen atoms in total. The molecule has 0 aliphatic rings. The number of aryl methyl sites for hydroxylation is 1. The third-order valence-electron chi connectivity index (χ3n) is 3.03. The van der Waals surface area contributed by atoms with Gasteiger partial charge < -0.3 is 5.11 Å². The predicted octanol–water partition coefficient (Wildman–Crippen LogP) is 4.18. The molecule has 0 aliphatic carbocycles. The van der Waals surface area contributed by atoms with Gasteiger partial charge in [-0.3, -0.25) is 0 Å². The predicted molar refractivity (Wildman–Crippen MR) is 65.2 cm³/mol. The monoisotopic (exact) mass is 278 g/mol. The van der Waals surface area contributed by atoms with Crippen LogP contribution in [0.25, 0.3) is 0 Å². The van der Waals surface area contributed by atoms with E-state index in [0.29, 0.717) is 12.8 Å². The molecule has 108 valence electrons. The third kappa shape index (κ3) is 4.82. The first-order valence-corrected chi connectivity index (χ1v) is 6.24. The van der Waals surface area contributed by atoms with Gasteiger partial charge in [0, 0.05) is 0 Å². The third-order valence-corrected chi connectivity index (χ3v) is 3.03. The standard InChI is InChI=1S/C14H18F4O/c1-9(8-10(2)19)6-7-11-4-3-5-12(13(11)15)14(16,17)18/h3-5,9-10,19H,6-8H2,1-2H3. The van der Waals surface area contributed by atoms with Gasteiger partial charge >= 0.3 is 6.18 Å². The Labute approximate surface area is 110 Å². The Kier molecular flexibility index (Phi) is 5.35. The summed E-state index contributed by atoms with van der Waals surface area (Å²) in [6, 6.07) is 3.35. The van der Waals surface area contributed by atoms with E-state index in [-0.39, 0.29) is 17.9 Å². The van der Waals surface area contributed by atoms with Crippen LogP contribution in [0.15, 0.2) is 18.2 Å². The summed E-state index contributed by atoms with van der Waals surface area (Å²) < 4.78 is 51.3. The minimum absolute atomic E-state index is 0.0762. The van der Waals surface area contributed by atoms with Crippen molar-refractivity contribution in [2.75, 3.05) is 0 Å². The second-order valence-electron chi connectivity index (χ2n) is 5.01. The summed E-state index contributed by atoms with van der Waals surface area (Å²) >= 11 is 0. The summed E-state index contributed by atoms with van der Waals surface area (Å²) in [6.45, 7) is 3.54. The van der Waals surface area contributed by atoms with Gasteiger partial charge in [-0.1, -0.05) is 19.1 Å². The van der Waals surface area contributed by atoms with E-state index in [0.717, 1.165) is 6.07 Å². The molecule has 1 aromatic carbocycles. The minimum Gasteiger partial charge on any atom is -0.393 e. The zero-order valence-electron chi connectivity index (χ0n) is 11.0. The van der Waals surface area contributed by atoms with Gasteiger partial charge in [-0.25, -0.2) is 4.39 Å². The molecule has 0 aromatic heterocycles. The lowest BCUT2D eigenvalue weighted by Crippen LogP contribution is -2.11. The zero-order chi connectivity index (χ0) is 14.6. The first-order chi connectivity index (χ1) is 8.71. The van der Waals surface area contributed by atoms with Gasteiger partial charge in [0.05, 0.1) is 11.7 Å². The summed E-state index contributed by atoms with van der Waals surface area (Å²) in [4.78, 5) is 0. The lowest BCUT2D eigenvalue weighted by atomic mass is 9.95. The molecule has 1 aromatic rings. The number of hydrogen-bond donors (Lipinski definition) is 1. The molecule has 0 bridgehead atoms. The molecule has 5 heteroatoms. The summed E-state index contributed by atoms with van der Waals surface area (Å²) in [5.41, 5.74) is -1.14. The number of rotatable bonds is 5. The smallest absolute Gasteiger partial charge is 0.393 e. The lowest BCUT2D eigenvalue weighted by molar-refractivity contribution is -0.140. The van der Waals surface area contributed by atoms with Crippen molar-refractivity contribution >= 4 is 0 Å². The highest BCUT2D eigenvalue weighted by Gasteiger charge is 2.34.